The molecule has 2 N–H and O–H groups in total. The summed E-state index contributed by atoms with van der Waals surface area (Å²) in [6.07, 6.45) is 4.44. The number of nitrogens with zero attached hydrogens (tertiary/aromatic N) is 3. The van der Waals surface area contributed by atoms with Gasteiger partial charge in [-0.1, -0.05) is 18.2 Å². The van der Waals surface area contributed by atoms with Crippen LogP contribution in [-0.4, -0.2) is 29.3 Å². The lowest BCUT2D eigenvalue weighted by Crippen LogP contribution is -2.25. The van der Waals surface area contributed by atoms with Crippen molar-refractivity contribution in [3.05, 3.63) is 70.2 Å². The molecule has 4 rings (SSSR count). The summed E-state index contributed by atoms with van der Waals surface area (Å²) in [5.74, 6) is -0.356. The number of thiazole rings is 1. The molecule has 0 aliphatic rings. The maximum Gasteiger partial charge on any atom is 0.271 e. The van der Waals surface area contributed by atoms with Crippen LogP contribution in [0.4, 0.5) is 0 Å². The van der Waals surface area contributed by atoms with Crippen LogP contribution < -0.4 is 10.0 Å². The van der Waals surface area contributed by atoms with E-state index in [1.165, 1.54) is 35.1 Å². The van der Waals surface area contributed by atoms with Gasteiger partial charge in [0, 0.05) is 15.8 Å². The van der Waals surface area contributed by atoms with Gasteiger partial charge < -0.3 is 5.32 Å². The van der Waals surface area contributed by atoms with E-state index in [0.717, 1.165) is 20.0 Å². The Hall–Kier alpha value is -2.73. The van der Waals surface area contributed by atoms with E-state index in [1.54, 1.807) is 12.3 Å². The average Bonchev–Trinajstić information content (AvgIpc) is 3.37. The van der Waals surface area contributed by atoms with E-state index in [4.69, 9.17) is 0 Å². The summed E-state index contributed by atoms with van der Waals surface area (Å²) in [6, 6.07) is 9.13. The van der Waals surface area contributed by atoms with E-state index < -0.39 is 10.0 Å². The van der Waals surface area contributed by atoms with Gasteiger partial charge >= 0.3 is 0 Å². The van der Waals surface area contributed by atoms with Gasteiger partial charge in [0.15, 0.2) is 0 Å². The number of amides is 1. The zero-order valence-electron chi connectivity index (χ0n) is 15.8. The Morgan fingerprint density at radius 2 is 1.87 bits per heavy atom. The molecule has 1 amide bonds. The van der Waals surface area contributed by atoms with Gasteiger partial charge in [-0.05, 0) is 24.4 Å². The van der Waals surface area contributed by atoms with Crippen LogP contribution in [0, 0.1) is 6.92 Å². The highest BCUT2D eigenvalue weighted by molar-refractivity contribution is 7.91. The summed E-state index contributed by atoms with van der Waals surface area (Å²) in [5, 5.41) is 4.57. The molecule has 3 heterocycles. The van der Waals surface area contributed by atoms with Crippen LogP contribution in [0.25, 0.3) is 10.1 Å². The van der Waals surface area contributed by atoms with Crippen molar-refractivity contribution in [2.24, 2.45) is 0 Å². The van der Waals surface area contributed by atoms with Crippen LogP contribution in [0.3, 0.4) is 0 Å². The van der Waals surface area contributed by atoms with Crippen LogP contribution in [0.1, 0.15) is 26.1 Å². The predicted molar refractivity (Wildman–Crippen MR) is 116 cm³/mol. The standard InChI is InChI=1S/C19H17N5O3S3/c1-12-20-9-15(28-12)10-23-19(25)16-11-21-14(7-22-16)8-24-30(26,27)18-6-13-4-2-3-5-17(13)29-18/h2-7,9,11,24H,8,10H2,1H3,(H,23,25). The molecular weight excluding hydrogens is 442 g/mol. The van der Waals surface area contributed by atoms with Crippen molar-refractivity contribution in [2.45, 2.75) is 24.2 Å². The fourth-order valence-corrected chi connectivity index (χ4v) is 5.81. The summed E-state index contributed by atoms with van der Waals surface area (Å²) >= 11 is 2.72. The number of aryl methyl sites for hydroxylation is 1. The van der Waals surface area contributed by atoms with E-state index in [0.29, 0.717) is 12.2 Å². The Balaban J connectivity index is 1.36. The number of sulfonamides is 1. The number of carbonyl (C=O) groups excluding carboxylic acids is 1. The van der Waals surface area contributed by atoms with E-state index in [9.17, 15) is 13.2 Å². The first kappa shape index (κ1) is 20.5. The minimum absolute atomic E-state index is 0.0222. The second-order valence-electron chi connectivity index (χ2n) is 6.35. The number of nitrogens with one attached hydrogen (secondary N) is 2. The van der Waals surface area contributed by atoms with Crippen LogP contribution in [0.2, 0.25) is 0 Å². The highest BCUT2D eigenvalue weighted by Gasteiger charge is 2.18. The fraction of sp³-hybridized carbons (Fsp3) is 0.158. The lowest BCUT2D eigenvalue weighted by molar-refractivity contribution is 0.0946. The molecule has 0 spiro atoms. The highest BCUT2D eigenvalue weighted by Crippen LogP contribution is 2.28. The van der Waals surface area contributed by atoms with E-state index >= 15 is 0 Å². The number of hydrogen-bond acceptors (Lipinski definition) is 8. The number of carbonyl (C=O) groups is 1. The molecule has 0 saturated carbocycles. The molecule has 4 aromatic rings. The largest absolute Gasteiger partial charge is 0.346 e. The zero-order chi connectivity index (χ0) is 21.1. The molecular formula is C19H17N5O3S3. The van der Waals surface area contributed by atoms with E-state index in [1.807, 2.05) is 31.2 Å². The van der Waals surface area contributed by atoms with Crippen molar-refractivity contribution >= 4 is 48.7 Å². The van der Waals surface area contributed by atoms with Crippen molar-refractivity contribution in [3.63, 3.8) is 0 Å². The average molecular weight is 460 g/mol. The fourth-order valence-electron chi connectivity index (χ4n) is 2.64. The normalized spacial score (nSPS) is 11.6. The third-order valence-electron chi connectivity index (χ3n) is 4.14. The van der Waals surface area contributed by atoms with Gasteiger partial charge in [-0.15, -0.1) is 22.7 Å². The van der Waals surface area contributed by atoms with Crippen molar-refractivity contribution < 1.29 is 13.2 Å². The van der Waals surface area contributed by atoms with Gasteiger partial charge in [-0.25, -0.2) is 23.1 Å². The summed E-state index contributed by atoms with van der Waals surface area (Å²) in [6.45, 7) is 2.24. The SMILES string of the molecule is Cc1ncc(CNC(=O)c2cnc(CNS(=O)(=O)c3cc4ccccc4s3)cn2)s1. The van der Waals surface area contributed by atoms with Gasteiger partial charge in [-0.3, -0.25) is 9.78 Å². The Morgan fingerprint density at radius 1 is 1.03 bits per heavy atom. The first-order valence-corrected chi connectivity index (χ1v) is 12.0. The van der Waals surface area contributed by atoms with Crippen LogP contribution in [0.15, 0.2) is 53.1 Å². The molecule has 0 unspecified atom stereocenters. The Bertz CT molecular complexity index is 1260. The lowest BCUT2D eigenvalue weighted by Gasteiger charge is -2.05. The van der Waals surface area contributed by atoms with Gasteiger partial charge in [0.05, 0.1) is 36.2 Å². The van der Waals surface area contributed by atoms with Gasteiger partial charge in [-0.2, -0.15) is 0 Å². The third kappa shape index (κ3) is 4.70. The van der Waals surface area contributed by atoms with Gasteiger partial charge in [0.25, 0.3) is 5.91 Å². The molecule has 11 heteroatoms. The molecule has 0 aliphatic heterocycles. The van der Waals surface area contributed by atoms with Crippen LogP contribution in [0.5, 0.6) is 0 Å². The van der Waals surface area contributed by atoms with E-state index in [-0.39, 0.29) is 22.4 Å². The Kier molecular flexibility index (Phi) is 5.86. The minimum Gasteiger partial charge on any atom is -0.346 e. The Morgan fingerprint density at radius 3 is 2.57 bits per heavy atom. The highest BCUT2D eigenvalue weighted by atomic mass is 32.2. The summed E-state index contributed by atoms with van der Waals surface area (Å²) in [7, 11) is -3.67. The molecule has 0 atom stereocenters. The lowest BCUT2D eigenvalue weighted by atomic mass is 10.3. The maximum atomic E-state index is 12.6. The first-order valence-electron chi connectivity index (χ1n) is 8.89. The third-order valence-corrected chi connectivity index (χ3v) is 8.05. The van der Waals surface area contributed by atoms with Crippen molar-refractivity contribution in [1.29, 1.82) is 0 Å². The molecule has 1 aromatic carbocycles. The molecule has 8 nitrogen and oxygen atoms in total. The van der Waals surface area contributed by atoms with E-state index in [2.05, 4.69) is 25.0 Å². The molecule has 0 saturated heterocycles. The van der Waals surface area contributed by atoms with Gasteiger partial charge in [0.2, 0.25) is 10.0 Å². The Labute approximate surface area is 181 Å². The van der Waals surface area contributed by atoms with Crippen molar-refractivity contribution in [2.75, 3.05) is 0 Å². The first-order chi connectivity index (χ1) is 14.4. The number of fused-ring (bicyclic) bond motifs is 1. The second-order valence-corrected chi connectivity index (χ2v) is 10.7. The van der Waals surface area contributed by atoms with Crippen molar-refractivity contribution in [3.8, 4) is 0 Å². The number of hydrogen-bond donors (Lipinski definition) is 2. The smallest absolute Gasteiger partial charge is 0.271 e. The summed E-state index contributed by atoms with van der Waals surface area (Å²) in [4.78, 5) is 25.5. The molecule has 0 aliphatic carbocycles. The number of aromatic nitrogens is 3. The van der Waals surface area contributed by atoms with Gasteiger partial charge in [0.1, 0.15) is 9.90 Å². The quantitative estimate of drug-likeness (QED) is 0.439. The van der Waals surface area contributed by atoms with Crippen molar-refractivity contribution in [1.82, 2.24) is 25.0 Å². The maximum absolute atomic E-state index is 12.6. The van der Waals surface area contributed by atoms with Crippen LogP contribution in [-0.2, 0) is 23.1 Å². The van der Waals surface area contributed by atoms with Crippen LogP contribution >= 0.6 is 22.7 Å². The molecule has 30 heavy (non-hydrogen) atoms. The molecule has 0 radical (unpaired) electrons. The summed E-state index contributed by atoms with van der Waals surface area (Å²) < 4.78 is 28.8. The zero-order valence-corrected chi connectivity index (χ0v) is 18.3. The predicted octanol–water partition coefficient (Wildman–Crippen LogP) is 2.86. The minimum atomic E-state index is -3.67. The molecule has 3 aromatic heterocycles. The topological polar surface area (TPSA) is 114 Å². The molecule has 154 valence electrons. The number of benzene rings is 1. The monoisotopic (exact) mass is 459 g/mol. The summed E-state index contributed by atoms with van der Waals surface area (Å²) in [5.41, 5.74) is 0.571. The second kappa shape index (κ2) is 8.56. The molecule has 0 bridgehead atoms. The molecule has 0 fully saturated rings. The number of thiophene rings is 1. The number of rotatable bonds is 7.